The molecule has 0 radical (unpaired) electrons. The van der Waals surface area contributed by atoms with Gasteiger partial charge in [-0.25, -0.2) is 0 Å². The monoisotopic (exact) mass is 430 g/mol. The summed E-state index contributed by atoms with van der Waals surface area (Å²) in [6.45, 7) is 10.4. The first-order valence-electron chi connectivity index (χ1n) is 13.1. The Labute approximate surface area is 187 Å². The van der Waals surface area contributed by atoms with Gasteiger partial charge in [0.15, 0.2) is 5.79 Å². The molecule has 6 rings (SSSR count). The Morgan fingerprint density at radius 1 is 1.03 bits per heavy atom. The zero-order valence-corrected chi connectivity index (χ0v) is 19.8. The molecule has 2 saturated heterocycles. The van der Waals surface area contributed by atoms with E-state index in [0.29, 0.717) is 53.4 Å². The third-order valence-electron chi connectivity index (χ3n) is 11.4. The summed E-state index contributed by atoms with van der Waals surface area (Å²) in [4.78, 5) is 0. The van der Waals surface area contributed by atoms with Crippen LogP contribution in [0.25, 0.3) is 0 Å². The Kier molecular flexibility index (Phi) is 4.64. The summed E-state index contributed by atoms with van der Waals surface area (Å²) in [6, 6.07) is 0. The Bertz CT molecular complexity index is 769. The summed E-state index contributed by atoms with van der Waals surface area (Å²) in [5.74, 6) is 3.17. The van der Waals surface area contributed by atoms with Gasteiger partial charge in [-0.05, 0) is 73.5 Å². The summed E-state index contributed by atoms with van der Waals surface area (Å²) in [5.41, 5.74) is 1.48. The summed E-state index contributed by atoms with van der Waals surface area (Å²) >= 11 is 0. The van der Waals surface area contributed by atoms with Crippen molar-refractivity contribution in [2.45, 2.75) is 103 Å². The fourth-order valence-corrected chi connectivity index (χ4v) is 9.72. The van der Waals surface area contributed by atoms with Crippen LogP contribution >= 0.6 is 0 Å². The molecule has 9 unspecified atom stereocenters. The molecule has 5 fully saturated rings. The molecule has 4 nitrogen and oxygen atoms in total. The number of hydrogen-bond donors (Lipinski definition) is 2. The lowest BCUT2D eigenvalue weighted by Gasteiger charge is -2.59. The van der Waals surface area contributed by atoms with Gasteiger partial charge >= 0.3 is 0 Å². The molecule has 12 atom stereocenters. The number of aliphatic hydroxyl groups is 2. The summed E-state index contributed by atoms with van der Waals surface area (Å²) < 4.78 is 13.3. The molecule has 1 spiro atoms. The van der Waals surface area contributed by atoms with Crippen LogP contribution in [0.3, 0.4) is 0 Å². The average Bonchev–Trinajstić information content (AvgIpc) is 3.16. The molecule has 0 aromatic carbocycles. The third kappa shape index (κ3) is 2.68. The van der Waals surface area contributed by atoms with Crippen molar-refractivity contribution in [2.75, 3.05) is 6.61 Å². The minimum Gasteiger partial charge on any atom is -0.393 e. The molecule has 6 aliphatic rings. The number of hydrogen-bond acceptors (Lipinski definition) is 4. The fourth-order valence-electron chi connectivity index (χ4n) is 9.72. The van der Waals surface area contributed by atoms with Gasteiger partial charge in [0.2, 0.25) is 0 Å². The molecule has 31 heavy (non-hydrogen) atoms. The Morgan fingerprint density at radius 2 is 1.84 bits per heavy atom. The number of ether oxygens (including phenoxy) is 2. The van der Waals surface area contributed by atoms with E-state index in [0.717, 1.165) is 32.3 Å². The molecule has 2 aliphatic heterocycles. The fraction of sp³-hybridized carbons (Fsp3) is 0.926. The second-order valence-corrected chi connectivity index (χ2v) is 12.8. The highest BCUT2D eigenvalue weighted by Gasteiger charge is 2.69. The maximum absolute atomic E-state index is 11.1. The smallest absolute Gasteiger partial charge is 0.171 e. The van der Waals surface area contributed by atoms with Crippen molar-refractivity contribution in [3.05, 3.63) is 11.6 Å². The van der Waals surface area contributed by atoms with Crippen LogP contribution in [0, 0.1) is 46.3 Å². The average molecular weight is 431 g/mol. The predicted octanol–water partition coefficient (Wildman–Crippen LogP) is 4.68. The summed E-state index contributed by atoms with van der Waals surface area (Å²) in [7, 11) is 0. The van der Waals surface area contributed by atoms with Crippen molar-refractivity contribution in [2.24, 2.45) is 46.3 Å². The van der Waals surface area contributed by atoms with Crippen LogP contribution in [-0.2, 0) is 9.47 Å². The molecule has 0 amide bonds. The van der Waals surface area contributed by atoms with E-state index in [1.165, 1.54) is 24.8 Å². The first-order chi connectivity index (χ1) is 14.7. The maximum atomic E-state index is 11.1. The number of aliphatic hydroxyl groups excluding tert-OH is 2. The van der Waals surface area contributed by atoms with Crippen LogP contribution in [0.15, 0.2) is 11.6 Å². The van der Waals surface area contributed by atoms with E-state index in [2.05, 4.69) is 33.8 Å². The quantitative estimate of drug-likeness (QED) is 0.548. The maximum Gasteiger partial charge on any atom is 0.171 e. The summed E-state index contributed by atoms with van der Waals surface area (Å²) in [5, 5.41) is 21.4. The molecule has 0 bridgehead atoms. The van der Waals surface area contributed by atoms with Gasteiger partial charge in [-0.3, -0.25) is 0 Å². The third-order valence-corrected chi connectivity index (χ3v) is 11.4. The predicted molar refractivity (Wildman–Crippen MR) is 119 cm³/mol. The molecule has 4 aliphatic carbocycles. The number of fused-ring (bicyclic) bond motifs is 7. The highest BCUT2D eigenvalue weighted by Crippen LogP contribution is 2.70. The minimum atomic E-state index is -0.420. The van der Waals surface area contributed by atoms with Crippen molar-refractivity contribution < 1.29 is 19.7 Å². The van der Waals surface area contributed by atoms with Crippen LogP contribution in [0.2, 0.25) is 0 Å². The second kappa shape index (κ2) is 6.81. The topological polar surface area (TPSA) is 58.9 Å². The zero-order chi connectivity index (χ0) is 21.8. The Balaban J connectivity index is 1.29. The van der Waals surface area contributed by atoms with E-state index in [-0.39, 0.29) is 17.3 Å². The van der Waals surface area contributed by atoms with Crippen LogP contribution in [0.5, 0.6) is 0 Å². The largest absolute Gasteiger partial charge is 0.393 e. The lowest BCUT2D eigenvalue weighted by atomic mass is 9.46. The minimum absolute atomic E-state index is 0.155. The molecular weight excluding hydrogens is 388 g/mol. The Morgan fingerprint density at radius 3 is 2.58 bits per heavy atom. The van der Waals surface area contributed by atoms with Crippen molar-refractivity contribution in [3.63, 3.8) is 0 Å². The molecule has 2 N–H and O–H groups in total. The van der Waals surface area contributed by atoms with Gasteiger partial charge in [-0.1, -0.05) is 39.3 Å². The number of allylic oxidation sites excluding steroid dienone is 1. The first kappa shape index (κ1) is 21.1. The zero-order valence-electron chi connectivity index (χ0n) is 19.8. The van der Waals surface area contributed by atoms with E-state index >= 15 is 0 Å². The molecule has 0 aromatic rings. The lowest BCUT2D eigenvalue weighted by Crippen LogP contribution is -2.56. The Hall–Kier alpha value is -0.420. The van der Waals surface area contributed by atoms with Crippen molar-refractivity contribution in [1.82, 2.24) is 0 Å². The van der Waals surface area contributed by atoms with Crippen molar-refractivity contribution in [3.8, 4) is 0 Å². The number of rotatable bonds is 0. The van der Waals surface area contributed by atoms with Gasteiger partial charge in [0, 0.05) is 24.2 Å². The van der Waals surface area contributed by atoms with Gasteiger partial charge in [-0.2, -0.15) is 0 Å². The van der Waals surface area contributed by atoms with Gasteiger partial charge in [-0.15, -0.1) is 0 Å². The van der Waals surface area contributed by atoms with Crippen LogP contribution < -0.4 is 0 Å². The molecule has 174 valence electrons. The van der Waals surface area contributed by atoms with E-state index < -0.39 is 6.10 Å². The standard InChI is InChI=1S/C27H42O4/c1-15-7-10-27(30-14-15)16(2)24-22(31-27)13-21-19-6-5-17-11-18(28)12-23(29)26(17,4)20(19)8-9-25(21,24)3/h5,15-16,18-24,28-29H,6-14H2,1-4H3/t15?,16?,18?,19?,20?,21?,22?,23?,24?,25-,26-,27+/m0/s1. The van der Waals surface area contributed by atoms with E-state index in [4.69, 9.17) is 9.47 Å². The molecule has 0 aromatic heterocycles. The van der Waals surface area contributed by atoms with E-state index in [1.807, 2.05) is 0 Å². The first-order valence-corrected chi connectivity index (χ1v) is 13.1. The van der Waals surface area contributed by atoms with Crippen LogP contribution in [-0.4, -0.2) is 40.9 Å². The normalized spacial score (nSPS) is 60.7. The van der Waals surface area contributed by atoms with Crippen LogP contribution in [0.4, 0.5) is 0 Å². The SMILES string of the molecule is CC1CC[C@@]2(OC1)OC1CC3C4CC=C5CC(O)CC(O)[C@]5(C)C4CC[C@]3(C)C1C2C. The van der Waals surface area contributed by atoms with Crippen molar-refractivity contribution >= 4 is 0 Å². The molecular formula is C27H42O4. The second-order valence-electron chi connectivity index (χ2n) is 12.8. The van der Waals surface area contributed by atoms with Gasteiger partial charge in [0.25, 0.3) is 0 Å². The lowest BCUT2D eigenvalue weighted by molar-refractivity contribution is -0.272. The highest BCUT2D eigenvalue weighted by atomic mass is 16.7. The van der Waals surface area contributed by atoms with Crippen LogP contribution in [0.1, 0.15) is 79.1 Å². The molecule has 2 heterocycles. The van der Waals surface area contributed by atoms with Gasteiger partial charge in [0.1, 0.15) is 0 Å². The van der Waals surface area contributed by atoms with E-state index in [9.17, 15) is 10.2 Å². The highest BCUT2D eigenvalue weighted by molar-refractivity contribution is 5.28. The van der Waals surface area contributed by atoms with Gasteiger partial charge < -0.3 is 19.7 Å². The molecule has 4 heteroatoms. The summed E-state index contributed by atoms with van der Waals surface area (Å²) in [6.07, 6.45) is 10.2. The molecule has 3 saturated carbocycles. The van der Waals surface area contributed by atoms with Crippen molar-refractivity contribution in [1.29, 1.82) is 0 Å². The van der Waals surface area contributed by atoms with E-state index in [1.54, 1.807) is 0 Å². The van der Waals surface area contributed by atoms with Gasteiger partial charge in [0.05, 0.1) is 24.9 Å².